The van der Waals surface area contributed by atoms with Gasteiger partial charge in [-0.25, -0.2) is 0 Å². The molecule has 1 amide bonds. The zero-order valence-corrected chi connectivity index (χ0v) is 11.2. The number of carbonyl (C=O) groups is 1. The Hall–Kier alpha value is -2.89. The van der Waals surface area contributed by atoms with E-state index in [1.165, 1.54) is 12.1 Å². The summed E-state index contributed by atoms with van der Waals surface area (Å²) >= 11 is 0. The number of para-hydroxylation sites is 2. The first-order valence-corrected chi connectivity index (χ1v) is 6.52. The normalized spacial score (nSPS) is 13.0. The smallest absolute Gasteiger partial charge is 0.304 e. The van der Waals surface area contributed by atoms with Gasteiger partial charge in [-0.3, -0.25) is 14.9 Å². The van der Waals surface area contributed by atoms with Crippen molar-refractivity contribution < 1.29 is 9.72 Å². The molecule has 1 aliphatic heterocycles. The Morgan fingerprint density at radius 1 is 1.19 bits per heavy atom. The topological polar surface area (TPSA) is 89.5 Å². The largest absolute Gasteiger partial charge is 0.393 e. The first-order chi connectivity index (χ1) is 10.1. The number of nitro benzene ring substituents is 1. The van der Waals surface area contributed by atoms with Gasteiger partial charge in [0.05, 0.1) is 4.92 Å². The monoisotopic (exact) mass is 283 g/mol. The molecule has 6 nitrogen and oxygen atoms in total. The zero-order chi connectivity index (χ0) is 15.0. The molecule has 0 aliphatic carbocycles. The molecular weight excluding hydrogens is 270 g/mol. The minimum atomic E-state index is -0.607. The van der Waals surface area contributed by atoms with Crippen LogP contribution in [0.5, 0.6) is 0 Å². The predicted molar refractivity (Wildman–Crippen MR) is 79.3 cm³/mol. The average molecular weight is 283 g/mol. The molecule has 0 radical (unpaired) electrons. The Morgan fingerprint density at radius 2 is 1.95 bits per heavy atom. The quantitative estimate of drug-likeness (QED) is 0.520. The van der Waals surface area contributed by atoms with E-state index in [1.807, 2.05) is 24.3 Å². The molecule has 0 spiro atoms. The van der Waals surface area contributed by atoms with Crippen LogP contribution in [0.3, 0.4) is 0 Å². The Bertz CT molecular complexity index is 743. The van der Waals surface area contributed by atoms with Crippen LogP contribution in [0.2, 0.25) is 0 Å². The molecule has 2 N–H and O–H groups in total. The molecule has 106 valence electrons. The number of hydrogen-bond donors (Lipinski definition) is 1. The summed E-state index contributed by atoms with van der Waals surface area (Å²) in [5.41, 5.74) is 7.21. The second-order valence-electron chi connectivity index (χ2n) is 4.84. The first kappa shape index (κ1) is 13.1. The number of benzene rings is 2. The molecule has 0 saturated heterocycles. The van der Waals surface area contributed by atoms with Gasteiger partial charge in [0.25, 0.3) is 5.91 Å². The van der Waals surface area contributed by atoms with Crippen molar-refractivity contribution >= 4 is 23.0 Å². The van der Waals surface area contributed by atoms with Gasteiger partial charge in [0.2, 0.25) is 0 Å². The lowest BCUT2D eigenvalue weighted by atomic mass is 10.1. The van der Waals surface area contributed by atoms with Crippen LogP contribution in [0.15, 0.2) is 42.5 Å². The van der Waals surface area contributed by atoms with Gasteiger partial charge in [-0.1, -0.05) is 24.3 Å². The van der Waals surface area contributed by atoms with Gasteiger partial charge in [-0.05, 0) is 30.2 Å². The lowest BCUT2D eigenvalue weighted by Gasteiger charge is -2.17. The number of nitrogens with two attached hydrogens (primary N) is 1. The molecule has 21 heavy (non-hydrogen) atoms. The molecular formula is C15H13N3O3. The maximum atomic E-state index is 12.7. The van der Waals surface area contributed by atoms with Crippen molar-refractivity contribution in [2.45, 2.75) is 6.42 Å². The van der Waals surface area contributed by atoms with E-state index < -0.39 is 4.92 Å². The van der Waals surface area contributed by atoms with E-state index in [2.05, 4.69) is 0 Å². The fraction of sp³-hybridized carbons (Fsp3) is 0.133. The van der Waals surface area contributed by atoms with Crippen molar-refractivity contribution in [1.29, 1.82) is 0 Å². The Morgan fingerprint density at radius 3 is 2.71 bits per heavy atom. The molecule has 0 aromatic heterocycles. The molecule has 0 saturated carbocycles. The van der Waals surface area contributed by atoms with E-state index in [0.29, 0.717) is 6.54 Å². The summed E-state index contributed by atoms with van der Waals surface area (Å²) in [6.45, 7) is 0.518. The van der Waals surface area contributed by atoms with Crippen molar-refractivity contribution in [1.82, 2.24) is 0 Å². The van der Waals surface area contributed by atoms with Crippen LogP contribution in [0.1, 0.15) is 15.9 Å². The van der Waals surface area contributed by atoms with E-state index in [-0.39, 0.29) is 22.8 Å². The van der Waals surface area contributed by atoms with Gasteiger partial charge >= 0.3 is 5.69 Å². The van der Waals surface area contributed by atoms with Gasteiger partial charge in [0.15, 0.2) is 0 Å². The van der Waals surface area contributed by atoms with E-state index in [4.69, 9.17) is 5.73 Å². The molecule has 2 aromatic carbocycles. The summed E-state index contributed by atoms with van der Waals surface area (Å²) < 4.78 is 0. The van der Waals surface area contributed by atoms with Gasteiger partial charge in [-0.2, -0.15) is 0 Å². The average Bonchev–Trinajstić information content (AvgIpc) is 2.89. The summed E-state index contributed by atoms with van der Waals surface area (Å²) in [5, 5.41) is 11.2. The van der Waals surface area contributed by atoms with Gasteiger partial charge in [0, 0.05) is 12.2 Å². The highest BCUT2D eigenvalue weighted by Gasteiger charge is 2.30. The molecule has 0 unspecified atom stereocenters. The maximum absolute atomic E-state index is 12.7. The van der Waals surface area contributed by atoms with Crippen LogP contribution in [-0.2, 0) is 6.42 Å². The molecule has 1 heterocycles. The fourth-order valence-corrected chi connectivity index (χ4v) is 2.63. The van der Waals surface area contributed by atoms with Crippen molar-refractivity contribution in [3.8, 4) is 0 Å². The minimum Gasteiger partial charge on any atom is -0.393 e. The number of nitrogens with zero attached hydrogens (tertiary/aromatic N) is 2. The third kappa shape index (κ3) is 2.10. The number of rotatable bonds is 2. The van der Waals surface area contributed by atoms with Crippen LogP contribution in [0.4, 0.5) is 17.1 Å². The number of hydrogen-bond acceptors (Lipinski definition) is 4. The standard InChI is InChI=1S/C15H13N3O3/c16-12-6-3-5-11(14(12)18(20)21)15(19)17-9-8-10-4-1-2-7-13(10)17/h1-7H,8-9,16H2. The second-order valence-corrected chi connectivity index (χ2v) is 4.84. The Labute approximate surface area is 120 Å². The molecule has 0 bridgehead atoms. The van der Waals surface area contributed by atoms with Gasteiger partial charge in [-0.15, -0.1) is 0 Å². The van der Waals surface area contributed by atoms with Crippen LogP contribution < -0.4 is 10.6 Å². The molecule has 3 rings (SSSR count). The van der Waals surface area contributed by atoms with Crippen LogP contribution in [0, 0.1) is 10.1 Å². The van der Waals surface area contributed by atoms with E-state index >= 15 is 0 Å². The lowest BCUT2D eigenvalue weighted by Crippen LogP contribution is -2.29. The highest BCUT2D eigenvalue weighted by Crippen LogP contribution is 2.32. The molecule has 0 fully saturated rings. The van der Waals surface area contributed by atoms with E-state index in [9.17, 15) is 14.9 Å². The van der Waals surface area contributed by atoms with Crippen molar-refractivity contribution in [3.05, 3.63) is 63.7 Å². The summed E-state index contributed by atoms with van der Waals surface area (Å²) in [5.74, 6) is -0.390. The third-order valence-corrected chi connectivity index (χ3v) is 3.61. The van der Waals surface area contributed by atoms with Crippen LogP contribution in [0.25, 0.3) is 0 Å². The van der Waals surface area contributed by atoms with E-state index in [0.717, 1.165) is 17.7 Å². The number of nitro groups is 1. The van der Waals surface area contributed by atoms with E-state index in [1.54, 1.807) is 11.0 Å². The highest BCUT2D eigenvalue weighted by atomic mass is 16.6. The summed E-state index contributed by atoms with van der Waals surface area (Å²) in [4.78, 5) is 24.8. The fourth-order valence-electron chi connectivity index (χ4n) is 2.63. The molecule has 0 atom stereocenters. The minimum absolute atomic E-state index is 0.00154. The zero-order valence-electron chi connectivity index (χ0n) is 11.2. The second kappa shape index (κ2) is 4.90. The summed E-state index contributed by atoms with van der Waals surface area (Å²) in [6.07, 6.45) is 0.748. The SMILES string of the molecule is Nc1cccc(C(=O)N2CCc3ccccc32)c1[N+](=O)[O-]. The van der Waals surface area contributed by atoms with Crippen molar-refractivity contribution in [2.24, 2.45) is 0 Å². The molecule has 6 heteroatoms. The highest BCUT2D eigenvalue weighted by molar-refractivity contribution is 6.10. The van der Waals surface area contributed by atoms with Gasteiger partial charge < -0.3 is 10.6 Å². The maximum Gasteiger partial charge on any atom is 0.304 e. The Balaban J connectivity index is 2.05. The van der Waals surface area contributed by atoms with Crippen LogP contribution >= 0.6 is 0 Å². The number of anilines is 2. The predicted octanol–water partition coefficient (Wildman–Crippen LogP) is 2.38. The Kier molecular flexibility index (Phi) is 3.06. The molecule has 2 aromatic rings. The number of nitrogen functional groups attached to an aromatic ring is 1. The van der Waals surface area contributed by atoms with Gasteiger partial charge in [0.1, 0.15) is 11.3 Å². The summed E-state index contributed by atoms with van der Waals surface area (Å²) in [6, 6.07) is 12.0. The van der Waals surface area contributed by atoms with Crippen molar-refractivity contribution in [3.63, 3.8) is 0 Å². The number of amides is 1. The number of carbonyl (C=O) groups excluding carboxylic acids is 1. The van der Waals surface area contributed by atoms with Crippen molar-refractivity contribution in [2.75, 3.05) is 17.2 Å². The third-order valence-electron chi connectivity index (χ3n) is 3.61. The van der Waals surface area contributed by atoms with Crippen LogP contribution in [-0.4, -0.2) is 17.4 Å². The first-order valence-electron chi connectivity index (χ1n) is 6.52. The summed E-state index contributed by atoms with van der Waals surface area (Å²) in [7, 11) is 0. The molecule has 1 aliphatic rings. The lowest BCUT2D eigenvalue weighted by molar-refractivity contribution is -0.384. The number of fused-ring (bicyclic) bond motifs is 1.